The molecule has 0 bridgehead atoms. The summed E-state index contributed by atoms with van der Waals surface area (Å²) in [6.45, 7) is 4.01. The zero-order valence-electron chi connectivity index (χ0n) is 17.1. The Morgan fingerprint density at radius 1 is 0.900 bits per heavy atom. The number of amides is 4. The van der Waals surface area contributed by atoms with Crippen LogP contribution < -0.4 is 10.6 Å². The predicted octanol–water partition coefficient (Wildman–Crippen LogP) is 1.92. The molecule has 0 aliphatic carbocycles. The molecule has 30 heavy (non-hydrogen) atoms. The molecule has 0 saturated heterocycles. The number of benzene rings is 2. The number of hydrogen-bond donors (Lipinski definition) is 2. The van der Waals surface area contributed by atoms with Gasteiger partial charge in [-0.1, -0.05) is 49.4 Å². The SMILES string of the molecule is CCCNC(=O)[C@@H](C)NC(=O)[C@H](Cc1ccccc1)N1C(=O)c2ccccc2C1=O. The molecular formula is C23H25N3O4. The first-order valence-corrected chi connectivity index (χ1v) is 10.0. The number of imide groups is 1. The number of carbonyl (C=O) groups excluding carboxylic acids is 4. The Morgan fingerprint density at radius 3 is 2.03 bits per heavy atom. The highest BCUT2D eigenvalue weighted by Crippen LogP contribution is 2.26. The predicted molar refractivity (Wildman–Crippen MR) is 112 cm³/mol. The molecule has 0 radical (unpaired) electrons. The number of rotatable bonds is 8. The van der Waals surface area contributed by atoms with E-state index in [1.165, 1.54) is 0 Å². The summed E-state index contributed by atoms with van der Waals surface area (Å²) < 4.78 is 0. The maximum Gasteiger partial charge on any atom is 0.262 e. The monoisotopic (exact) mass is 407 g/mol. The molecule has 0 spiro atoms. The molecule has 0 aromatic heterocycles. The average Bonchev–Trinajstić information content (AvgIpc) is 3.01. The molecular weight excluding hydrogens is 382 g/mol. The van der Waals surface area contributed by atoms with Crippen molar-refractivity contribution < 1.29 is 19.2 Å². The maximum atomic E-state index is 13.1. The van der Waals surface area contributed by atoms with Crippen molar-refractivity contribution in [3.63, 3.8) is 0 Å². The summed E-state index contributed by atoms with van der Waals surface area (Å²) in [5.74, 6) is -1.87. The second-order valence-electron chi connectivity index (χ2n) is 7.25. The van der Waals surface area contributed by atoms with Gasteiger partial charge in [-0.2, -0.15) is 0 Å². The van der Waals surface area contributed by atoms with Crippen LogP contribution in [0.25, 0.3) is 0 Å². The highest BCUT2D eigenvalue weighted by atomic mass is 16.2. The quantitative estimate of drug-likeness (QED) is 0.654. The van der Waals surface area contributed by atoms with Crippen molar-refractivity contribution in [2.24, 2.45) is 0 Å². The number of hydrogen-bond acceptors (Lipinski definition) is 4. The standard InChI is InChI=1S/C23H25N3O4/c1-3-13-24-20(27)15(2)25-21(28)19(14-16-9-5-4-6-10-16)26-22(29)17-11-7-8-12-18(17)23(26)30/h4-12,15,19H,3,13-14H2,1-2H3,(H,24,27)(H,25,28)/t15-,19+/m1/s1. The Morgan fingerprint density at radius 2 is 1.47 bits per heavy atom. The summed E-state index contributed by atoms with van der Waals surface area (Å²) >= 11 is 0. The van der Waals surface area contributed by atoms with Crippen molar-refractivity contribution in [2.45, 2.75) is 38.8 Å². The normalized spacial score (nSPS) is 14.8. The van der Waals surface area contributed by atoms with Gasteiger partial charge in [0.2, 0.25) is 11.8 Å². The van der Waals surface area contributed by atoms with Crippen LogP contribution in [-0.2, 0) is 16.0 Å². The van der Waals surface area contributed by atoms with Gasteiger partial charge in [0, 0.05) is 13.0 Å². The number of carbonyl (C=O) groups is 4. The van der Waals surface area contributed by atoms with Gasteiger partial charge < -0.3 is 10.6 Å². The van der Waals surface area contributed by atoms with Crippen molar-refractivity contribution in [1.29, 1.82) is 0 Å². The summed E-state index contributed by atoms with van der Waals surface area (Å²) in [6.07, 6.45) is 0.930. The van der Waals surface area contributed by atoms with Crippen molar-refractivity contribution in [2.75, 3.05) is 6.54 Å². The second kappa shape index (κ2) is 9.35. The molecule has 1 aliphatic heterocycles. The summed E-state index contributed by atoms with van der Waals surface area (Å²) in [6, 6.07) is 13.8. The molecule has 0 saturated carbocycles. The molecule has 156 valence electrons. The van der Waals surface area contributed by atoms with E-state index in [1.54, 1.807) is 31.2 Å². The number of nitrogens with one attached hydrogen (secondary N) is 2. The van der Waals surface area contributed by atoms with E-state index >= 15 is 0 Å². The first kappa shape index (κ1) is 21.2. The summed E-state index contributed by atoms with van der Waals surface area (Å²) in [5, 5.41) is 5.38. The molecule has 0 fully saturated rings. The van der Waals surface area contributed by atoms with Gasteiger partial charge in [-0.3, -0.25) is 24.1 Å². The van der Waals surface area contributed by atoms with E-state index in [-0.39, 0.29) is 23.5 Å². The van der Waals surface area contributed by atoms with Gasteiger partial charge in [0.05, 0.1) is 11.1 Å². The molecule has 2 atom stereocenters. The fraction of sp³-hybridized carbons (Fsp3) is 0.304. The van der Waals surface area contributed by atoms with Crippen LogP contribution in [0.5, 0.6) is 0 Å². The van der Waals surface area contributed by atoms with E-state index in [9.17, 15) is 19.2 Å². The minimum atomic E-state index is -1.07. The third-order valence-electron chi connectivity index (χ3n) is 5.01. The van der Waals surface area contributed by atoms with Crippen LogP contribution in [0.15, 0.2) is 54.6 Å². The van der Waals surface area contributed by atoms with Gasteiger partial charge in [-0.15, -0.1) is 0 Å². The lowest BCUT2D eigenvalue weighted by Crippen LogP contribution is -2.55. The minimum Gasteiger partial charge on any atom is -0.354 e. The van der Waals surface area contributed by atoms with Crippen LogP contribution in [0.3, 0.4) is 0 Å². The van der Waals surface area contributed by atoms with Crippen LogP contribution in [0.2, 0.25) is 0 Å². The van der Waals surface area contributed by atoms with Crippen molar-refractivity contribution in [3.8, 4) is 0 Å². The van der Waals surface area contributed by atoms with E-state index in [0.717, 1.165) is 16.9 Å². The van der Waals surface area contributed by atoms with Crippen LogP contribution in [0.4, 0.5) is 0 Å². The third kappa shape index (κ3) is 4.40. The van der Waals surface area contributed by atoms with E-state index in [2.05, 4.69) is 10.6 Å². The van der Waals surface area contributed by atoms with Crippen LogP contribution in [-0.4, -0.2) is 47.2 Å². The van der Waals surface area contributed by atoms with E-state index in [4.69, 9.17) is 0 Å². The van der Waals surface area contributed by atoms with Crippen molar-refractivity contribution in [1.82, 2.24) is 15.5 Å². The molecule has 4 amide bonds. The van der Waals surface area contributed by atoms with E-state index in [1.807, 2.05) is 37.3 Å². The smallest absolute Gasteiger partial charge is 0.262 e. The number of fused-ring (bicyclic) bond motifs is 1. The lowest BCUT2D eigenvalue weighted by Gasteiger charge is -2.27. The Kier molecular flexibility index (Phi) is 6.61. The van der Waals surface area contributed by atoms with Crippen molar-refractivity contribution in [3.05, 3.63) is 71.3 Å². The van der Waals surface area contributed by atoms with Gasteiger partial charge in [0.1, 0.15) is 12.1 Å². The highest BCUT2D eigenvalue weighted by Gasteiger charge is 2.43. The molecule has 7 nitrogen and oxygen atoms in total. The first-order chi connectivity index (χ1) is 14.4. The molecule has 7 heteroatoms. The van der Waals surface area contributed by atoms with Crippen LogP contribution >= 0.6 is 0 Å². The Bertz CT molecular complexity index is 923. The molecule has 0 unspecified atom stereocenters. The average molecular weight is 407 g/mol. The van der Waals surface area contributed by atoms with E-state index in [0.29, 0.717) is 6.54 Å². The van der Waals surface area contributed by atoms with Crippen LogP contribution in [0.1, 0.15) is 46.5 Å². The van der Waals surface area contributed by atoms with Gasteiger partial charge in [-0.25, -0.2) is 0 Å². The van der Waals surface area contributed by atoms with Gasteiger partial charge >= 0.3 is 0 Å². The Balaban J connectivity index is 1.86. The summed E-state index contributed by atoms with van der Waals surface area (Å²) in [7, 11) is 0. The first-order valence-electron chi connectivity index (χ1n) is 10.0. The fourth-order valence-corrected chi connectivity index (χ4v) is 3.41. The fourth-order valence-electron chi connectivity index (χ4n) is 3.41. The number of nitrogens with zero attached hydrogens (tertiary/aromatic N) is 1. The maximum absolute atomic E-state index is 13.1. The third-order valence-corrected chi connectivity index (χ3v) is 5.01. The topological polar surface area (TPSA) is 95.6 Å². The second-order valence-corrected chi connectivity index (χ2v) is 7.25. The lowest BCUT2D eigenvalue weighted by molar-refractivity contribution is -0.130. The van der Waals surface area contributed by atoms with Crippen LogP contribution in [0, 0.1) is 0 Å². The minimum absolute atomic E-state index is 0.154. The molecule has 2 aromatic carbocycles. The zero-order chi connectivity index (χ0) is 21.7. The highest BCUT2D eigenvalue weighted by molar-refractivity contribution is 6.22. The Hall–Kier alpha value is -3.48. The molecule has 2 N–H and O–H groups in total. The van der Waals surface area contributed by atoms with Crippen molar-refractivity contribution >= 4 is 23.6 Å². The summed E-state index contributed by atoms with van der Waals surface area (Å²) in [5.41, 5.74) is 1.36. The van der Waals surface area contributed by atoms with Gasteiger partial charge in [-0.05, 0) is 31.0 Å². The van der Waals surface area contributed by atoms with E-state index < -0.39 is 29.8 Å². The summed E-state index contributed by atoms with van der Waals surface area (Å²) in [4.78, 5) is 52.2. The zero-order valence-corrected chi connectivity index (χ0v) is 17.1. The molecule has 2 aromatic rings. The lowest BCUT2D eigenvalue weighted by atomic mass is 10.0. The largest absolute Gasteiger partial charge is 0.354 e. The molecule has 3 rings (SSSR count). The Labute approximate surface area is 175 Å². The molecule has 1 heterocycles. The van der Waals surface area contributed by atoms with Gasteiger partial charge in [0.15, 0.2) is 0 Å². The van der Waals surface area contributed by atoms with Gasteiger partial charge in [0.25, 0.3) is 11.8 Å². The molecule has 1 aliphatic rings.